The van der Waals surface area contributed by atoms with Crippen molar-refractivity contribution >= 4 is 45.7 Å². The number of aliphatic hydroxyl groups is 2. The maximum Gasteiger partial charge on any atom is 0.222 e. The number of thiophene rings is 1. The van der Waals surface area contributed by atoms with Gasteiger partial charge in [0, 0.05) is 26.6 Å². The fourth-order valence-corrected chi connectivity index (χ4v) is 3.88. The highest BCUT2D eigenvalue weighted by atomic mass is 35.5. The van der Waals surface area contributed by atoms with Crippen molar-refractivity contribution in [2.24, 2.45) is 5.92 Å². The van der Waals surface area contributed by atoms with Gasteiger partial charge in [0.05, 0.1) is 21.2 Å². The summed E-state index contributed by atoms with van der Waals surface area (Å²) >= 11 is 7.40. The van der Waals surface area contributed by atoms with Gasteiger partial charge in [0.2, 0.25) is 5.91 Å². The largest absolute Gasteiger partial charge is 0.386 e. The van der Waals surface area contributed by atoms with Gasteiger partial charge in [0.1, 0.15) is 11.2 Å². The van der Waals surface area contributed by atoms with E-state index in [9.17, 15) is 4.79 Å². The standard InChI is InChI=1S/C20H22ClN5OS.C3H8O2.C2H6/c1-4-13(20(27)23-3)9-10-26-12-24-18-16(22-2)11-14(25-19(18)26)5-6-15-7-8-17(21)28-15;1-3(2,4)5;1-2/h7-8,11-13H,4,9-10H2,1-3H3,(H,22,25)(H,23,27);4-5H,1-2H3;1-2H3. The van der Waals surface area contributed by atoms with E-state index in [4.69, 9.17) is 26.8 Å². The lowest BCUT2D eigenvalue weighted by atomic mass is 10.0. The minimum absolute atomic E-state index is 0.0298. The van der Waals surface area contributed by atoms with Crippen LogP contribution >= 0.6 is 22.9 Å². The summed E-state index contributed by atoms with van der Waals surface area (Å²) in [6, 6.07) is 5.62. The molecule has 3 aromatic heterocycles. The fourth-order valence-electron chi connectivity index (χ4n) is 2.98. The van der Waals surface area contributed by atoms with Crippen LogP contribution in [0.3, 0.4) is 0 Å². The molecule has 0 saturated carbocycles. The van der Waals surface area contributed by atoms with Gasteiger partial charge in [0.25, 0.3) is 0 Å². The van der Waals surface area contributed by atoms with Gasteiger partial charge in [-0.25, -0.2) is 9.97 Å². The second kappa shape index (κ2) is 14.7. The molecule has 0 aliphatic rings. The Balaban J connectivity index is 0.000000779. The van der Waals surface area contributed by atoms with Gasteiger partial charge in [-0.05, 0) is 56.7 Å². The van der Waals surface area contributed by atoms with Gasteiger partial charge in [0.15, 0.2) is 11.4 Å². The maximum absolute atomic E-state index is 12.0. The molecule has 1 unspecified atom stereocenters. The molecule has 3 rings (SSSR count). The summed E-state index contributed by atoms with van der Waals surface area (Å²) < 4.78 is 2.69. The lowest BCUT2D eigenvalue weighted by Gasteiger charge is -2.13. The first-order chi connectivity index (χ1) is 16.5. The molecule has 0 radical (unpaired) electrons. The maximum atomic E-state index is 12.0. The van der Waals surface area contributed by atoms with Crippen LogP contribution in [0.15, 0.2) is 24.5 Å². The summed E-state index contributed by atoms with van der Waals surface area (Å²) in [4.78, 5) is 22.0. The lowest BCUT2D eigenvalue weighted by Crippen LogP contribution is -2.27. The van der Waals surface area contributed by atoms with Crippen molar-refractivity contribution in [3.63, 3.8) is 0 Å². The molecule has 0 fully saturated rings. The molecule has 8 nitrogen and oxygen atoms in total. The summed E-state index contributed by atoms with van der Waals surface area (Å²) in [5, 5.41) is 22.0. The Bertz CT molecular complexity index is 1140. The van der Waals surface area contributed by atoms with Crippen LogP contribution in [0.2, 0.25) is 4.34 Å². The number of halogens is 1. The highest BCUT2D eigenvalue weighted by molar-refractivity contribution is 7.16. The molecule has 1 amide bonds. The molecule has 35 heavy (non-hydrogen) atoms. The second-order valence-corrected chi connectivity index (χ2v) is 9.49. The van der Waals surface area contributed by atoms with Gasteiger partial charge < -0.3 is 25.4 Å². The van der Waals surface area contributed by atoms with E-state index in [0.717, 1.165) is 34.6 Å². The number of anilines is 1. The molecule has 0 aromatic carbocycles. The molecule has 4 N–H and O–H groups in total. The van der Waals surface area contributed by atoms with Gasteiger partial charge in [-0.3, -0.25) is 4.79 Å². The normalized spacial score (nSPS) is 11.3. The van der Waals surface area contributed by atoms with Crippen molar-refractivity contribution < 1.29 is 15.0 Å². The number of hydrogen-bond donors (Lipinski definition) is 4. The SMILES string of the molecule is CC.CC(C)(O)O.CCC(CCn1cnc2c(NC)cc(C#Cc3ccc(Cl)s3)nc21)C(=O)NC. The number of rotatable bonds is 6. The molecule has 192 valence electrons. The molecular weight excluding hydrogens is 486 g/mol. The number of hydrogen-bond acceptors (Lipinski definition) is 7. The van der Waals surface area contributed by atoms with Crippen LogP contribution in [0.25, 0.3) is 11.2 Å². The number of carbonyl (C=O) groups excluding carboxylic acids is 1. The number of amides is 1. The van der Waals surface area contributed by atoms with Crippen LogP contribution in [0.1, 0.15) is 58.0 Å². The molecule has 0 saturated heterocycles. The zero-order valence-corrected chi connectivity index (χ0v) is 23.0. The Morgan fingerprint density at radius 2 is 1.91 bits per heavy atom. The molecule has 3 aromatic rings. The minimum atomic E-state index is -1.50. The Kier molecular flexibility index (Phi) is 12.8. The molecule has 1 atom stereocenters. The summed E-state index contributed by atoms with van der Waals surface area (Å²) in [5.74, 6) is 4.75. The molecule has 3 heterocycles. The highest BCUT2D eigenvalue weighted by Gasteiger charge is 2.16. The fraction of sp³-hybridized carbons (Fsp3) is 0.480. The molecular formula is C25H36ClN5O3S. The number of pyridine rings is 1. The van der Waals surface area contributed by atoms with E-state index in [1.807, 2.05) is 50.6 Å². The van der Waals surface area contributed by atoms with Crippen LogP contribution in [0.4, 0.5) is 5.69 Å². The van der Waals surface area contributed by atoms with E-state index in [2.05, 4.69) is 27.5 Å². The molecule has 10 heteroatoms. The minimum Gasteiger partial charge on any atom is -0.386 e. The van der Waals surface area contributed by atoms with E-state index in [1.165, 1.54) is 25.2 Å². The van der Waals surface area contributed by atoms with E-state index in [0.29, 0.717) is 16.6 Å². The molecule has 0 aliphatic heterocycles. The lowest BCUT2D eigenvalue weighted by molar-refractivity contribution is -0.127. The Morgan fingerprint density at radius 3 is 2.43 bits per heavy atom. The number of carbonyl (C=O) groups is 1. The monoisotopic (exact) mass is 521 g/mol. The first-order valence-electron chi connectivity index (χ1n) is 11.5. The molecule has 0 spiro atoms. The quantitative estimate of drug-likeness (QED) is 0.281. The van der Waals surface area contributed by atoms with E-state index in [-0.39, 0.29) is 11.8 Å². The van der Waals surface area contributed by atoms with E-state index < -0.39 is 5.79 Å². The van der Waals surface area contributed by atoms with Gasteiger partial charge in [-0.1, -0.05) is 32.4 Å². The number of fused-ring (bicyclic) bond motifs is 1. The van der Waals surface area contributed by atoms with Crippen LogP contribution in [-0.4, -0.2) is 50.5 Å². The Hall–Kier alpha value is -2.64. The third kappa shape index (κ3) is 10.2. The predicted molar refractivity (Wildman–Crippen MR) is 145 cm³/mol. The number of nitrogens with one attached hydrogen (secondary N) is 2. The van der Waals surface area contributed by atoms with Gasteiger partial charge in [-0.15, -0.1) is 11.3 Å². The second-order valence-electron chi connectivity index (χ2n) is 7.77. The van der Waals surface area contributed by atoms with E-state index >= 15 is 0 Å². The average Bonchev–Trinajstić information content (AvgIpc) is 3.43. The summed E-state index contributed by atoms with van der Waals surface area (Å²) in [7, 11) is 3.52. The van der Waals surface area contributed by atoms with Crippen LogP contribution in [0, 0.1) is 17.8 Å². The van der Waals surface area contributed by atoms with Crippen molar-refractivity contribution in [3.8, 4) is 11.8 Å². The van der Waals surface area contributed by atoms with Gasteiger partial charge >= 0.3 is 0 Å². The van der Waals surface area contributed by atoms with Crippen molar-refractivity contribution in [1.82, 2.24) is 19.9 Å². The summed E-state index contributed by atoms with van der Waals surface area (Å²) in [5.41, 5.74) is 3.07. The van der Waals surface area contributed by atoms with Crippen molar-refractivity contribution in [3.05, 3.63) is 39.4 Å². The van der Waals surface area contributed by atoms with Crippen LogP contribution in [0.5, 0.6) is 0 Å². The summed E-state index contributed by atoms with van der Waals surface area (Å²) in [6.07, 6.45) is 3.29. The smallest absolute Gasteiger partial charge is 0.222 e. The van der Waals surface area contributed by atoms with E-state index in [1.54, 1.807) is 13.4 Å². The van der Waals surface area contributed by atoms with Crippen LogP contribution in [-0.2, 0) is 11.3 Å². The number of aromatic nitrogens is 3. The zero-order chi connectivity index (χ0) is 26.6. The first kappa shape index (κ1) is 30.4. The van der Waals surface area contributed by atoms with Crippen molar-refractivity contribution in [2.75, 3.05) is 19.4 Å². The first-order valence-corrected chi connectivity index (χ1v) is 12.7. The predicted octanol–water partition coefficient (Wildman–Crippen LogP) is 4.48. The number of imidazole rings is 1. The Labute approximate surface area is 216 Å². The number of aryl methyl sites for hydroxylation is 1. The average molecular weight is 522 g/mol. The Morgan fingerprint density at radius 1 is 1.26 bits per heavy atom. The highest BCUT2D eigenvalue weighted by Crippen LogP contribution is 2.23. The molecule has 0 bridgehead atoms. The zero-order valence-electron chi connectivity index (χ0n) is 21.4. The van der Waals surface area contributed by atoms with Gasteiger partial charge in [-0.2, -0.15) is 0 Å². The molecule has 0 aliphatic carbocycles. The van der Waals surface area contributed by atoms with Crippen molar-refractivity contribution in [2.45, 2.75) is 59.8 Å². The third-order valence-electron chi connectivity index (χ3n) is 4.56. The summed E-state index contributed by atoms with van der Waals surface area (Å²) in [6.45, 7) is 9.28. The third-order valence-corrected chi connectivity index (χ3v) is 5.70. The topological polar surface area (TPSA) is 112 Å². The van der Waals surface area contributed by atoms with Crippen molar-refractivity contribution in [1.29, 1.82) is 0 Å². The van der Waals surface area contributed by atoms with Crippen LogP contribution < -0.4 is 10.6 Å². The number of nitrogens with zero attached hydrogens (tertiary/aromatic N) is 3.